The van der Waals surface area contributed by atoms with Gasteiger partial charge in [-0.15, -0.1) is 11.3 Å². The minimum absolute atomic E-state index is 0.0627. The highest BCUT2D eigenvalue weighted by Crippen LogP contribution is 2.52. The van der Waals surface area contributed by atoms with E-state index < -0.39 is 0 Å². The smallest absolute Gasteiger partial charge is 0.143 e. The number of furan rings is 1. The first-order chi connectivity index (χ1) is 26.1. The second-order valence-electron chi connectivity index (χ2n) is 15.1. The zero-order valence-corrected chi connectivity index (χ0v) is 30.1. The van der Waals surface area contributed by atoms with Crippen LogP contribution >= 0.6 is 11.3 Å². The topological polar surface area (TPSA) is 13.1 Å². The van der Waals surface area contributed by atoms with E-state index in [9.17, 15) is 0 Å². The Hall–Kier alpha value is -6.22. The van der Waals surface area contributed by atoms with Crippen molar-refractivity contribution >= 4 is 85.8 Å². The molecular weight excluding hydrogens is 661 g/mol. The van der Waals surface area contributed by atoms with Gasteiger partial charge in [-0.2, -0.15) is 0 Å². The molecule has 2 heterocycles. The molecule has 11 aromatic rings. The number of hydrogen-bond acceptors (Lipinski definition) is 2. The van der Waals surface area contributed by atoms with Crippen molar-refractivity contribution in [1.29, 1.82) is 0 Å². The van der Waals surface area contributed by atoms with Gasteiger partial charge in [-0.05, 0) is 84.3 Å². The molecule has 0 unspecified atom stereocenters. The van der Waals surface area contributed by atoms with Gasteiger partial charge in [0, 0.05) is 47.1 Å². The third kappa shape index (κ3) is 3.86. The summed E-state index contributed by atoms with van der Waals surface area (Å²) in [5.74, 6) is 0. The van der Waals surface area contributed by atoms with Crippen LogP contribution in [0.4, 0.5) is 0 Å². The van der Waals surface area contributed by atoms with E-state index in [1.54, 1.807) is 0 Å². The summed E-state index contributed by atoms with van der Waals surface area (Å²) in [4.78, 5) is 0. The van der Waals surface area contributed by atoms with Crippen LogP contribution in [0.3, 0.4) is 0 Å². The van der Waals surface area contributed by atoms with Crippen LogP contribution in [0.15, 0.2) is 162 Å². The van der Waals surface area contributed by atoms with Crippen LogP contribution < -0.4 is 0 Å². The van der Waals surface area contributed by atoms with Gasteiger partial charge in [0.2, 0.25) is 0 Å². The van der Waals surface area contributed by atoms with Crippen molar-refractivity contribution in [2.24, 2.45) is 0 Å². The molecule has 0 saturated carbocycles. The molecular formula is C51H32OS. The number of rotatable bonds is 2. The number of para-hydroxylation sites is 1. The predicted octanol–water partition coefficient (Wildman–Crippen LogP) is 15.1. The molecule has 9 aromatic carbocycles. The Kier molecular flexibility index (Phi) is 5.78. The third-order valence-corrected chi connectivity index (χ3v) is 13.2. The van der Waals surface area contributed by atoms with Gasteiger partial charge in [-0.25, -0.2) is 0 Å². The molecule has 0 radical (unpaired) electrons. The monoisotopic (exact) mass is 692 g/mol. The first-order valence-electron chi connectivity index (χ1n) is 18.4. The first-order valence-corrected chi connectivity index (χ1v) is 19.2. The lowest BCUT2D eigenvalue weighted by Crippen LogP contribution is -2.14. The highest BCUT2D eigenvalue weighted by Gasteiger charge is 2.35. The Labute approximate surface area is 310 Å². The molecule has 0 aliphatic heterocycles. The van der Waals surface area contributed by atoms with E-state index in [0.29, 0.717) is 0 Å². The summed E-state index contributed by atoms with van der Waals surface area (Å²) >= 11 is 1.90. The van der Waals surface area contributed by atoms with E-state index in [2.05, 4.69) is 172 Å². The van der Waals surface area contributed by atoms with Gasteiger partial charge in [0.05, 0.1) is 0 Å². The molecule has 0 bridgehead atoms. The molecule has 0 saturated heterocycles. The van der Waals surface area contributed by atoms with Crippen LogP contribution in [-0.4, -0.2) is 0 Å². The van der Waals surface area contributed by atoms with Crippen LogP contribution in [0.25, 0.3) is 108 Å². The van der Waals surface area contributed by atoms with E-state index in [-0.39, 0.29) is 5.41 Å². The summed E-state index contributed by atoms with van der Waals surface area (Å²) in [6.07, 6.45) is 0. The average molecular weight is 693 g/mol. The Morgan fingerprint density at radius 2 is 0.981 bits per heavy atom. The fourth-order valence-electron chi connectivity index (χ4n) is 9.66. The molecule has 0 N–H and O–H groups in total. The summed E-state index contributed by atoms with van der Waals surface area (Å²) in [5.41, 5.74) is 12.5. The Balaban J connectivity index is 1.13. The maximum absolute atomic E-state index is 6.59. The van der Waals surface area contributed by atoms with Crippen molar-refractivity contribution in [1.82, 2.24) is 0 Å². The molecule has 12 rings (SSSR count). The third-order valence-electron chi connectivity index (χ3n) is 12.0. The largest absolute Gasteiger partial charge is 0.455 e. The van der Waals surface area contributed by atoms with Crippen LogP contribution in [0.5, 0.6) is 0 Å². The summed E-state index contributed by atoms with van der Waals surface area (Å²) in [5, 5.41) is 12.5. The second-order valence-corrected chi connectivity index (χ2v) is 16.2. The van der Waals surface area contributed by atoms with Crippen molar-refractivity contribution in [3.8, 4) is 33.4 Å². The van der Waals surface area contributed by atoms with Crippen LogP contribution in [0, 0.1) is 0 Å². The zero-order chi connectivity index (χ0) is 35.0. The normalized spacial score (nSPS) is 13.6. The van der Waals surface area contributed by atoms with Crippen molar-refractivity contribution in [3.63, 3.8) is 0 Å². The predicted molar refractivity (Wildman–Crippen MR) is 228 cm³/mol. The number of hydrogen-bond donors (Lipinski definition) is 0. The standard InChI is InChI=1S/C51H32OS/c1-51(2)41-21-11-9-13-31(41)32-25-23-29(27-42(32)51)45-33-14-3-5-16-35(33)46(36-17-6-4-15-34(36)45)30-24-26-40-44(28-30)53-50-38-19-8-7-18-37(38)49-47(48(40)50)39-20-10-12-22-43(39)52-49/h3-28H,1-2H3. The van der Waals surface area contributed by atoms with Crippen molar-refractivity contribution in [2.75, 3.05) is 0 Å². The summed E-state index contributed by atoms with van der Waals surface area (Å²) in [6, 6.07) is 58.5. The van der Waals surface area contributed by atoms with E-state index in [4.69, 9.17) is 4.42 Å². The molecule has 0 spiro atoms. The average Bonchev–Trinajstić information content (AvgIpc) is 3.85. The van der Waals surface area contributed by atoms with Crippen LogP contribution in [0.2, 0.25) is 0 Å². The fraction of sp³-hybridized carbons (Fsp3) is 0.0588. The minimum Gasteiger partial charge on any atom is -0.455 e. The molecule has 0 fully saturated rings. The molecule has 1 aliphatic rings. The molecule has 0 atom stereocenters. The number of thiophene rings is 1. The number of benzene rings is 9. The van der Waals surface area contributed by atoms with Gasteiger partial charge in [0.25, 0.3) is 0 Å². The van der Waals surface area contributed by atoms with Crippen LogP contribution in [0.1, 0.15) is 25.0 Å². The maximum Gasteiger partial charge on any atom is 0.143 e. The van der Waals surface area contributed by atoms with Gasteiger partial charge in [0.15, 0.2) is 0 Å². The number of fused-ring (bicyclic) bond motifs is 15. The van der Waals surface area contributed by atoms with Gasteiger partial charge >= 0.3 is 0 Å². The van der Waals surface area contributed by atoms with Gasteiger partial charge in [-0.1, -0.05) is 153 Å². The molecule has 0 amide bonds. The summed E-state index contributed by atoms with van der Waals surface area (Å²) in [7, 11) is 0. The highest BCUT2D eigenvalue weighted by atomic mass is 32.1. The molecule has 2 aromatic heterocycles. The van der Waals surface area contributed by atoms with Crippen molar-refractivity contribution < 1.29 is 4.42 Å². The van der Waals surface area contributed by atoms with E-state index >= 15 is 0 Å². The highest BCUT2D eigenvalue weighted by molar-refractivity contribution is 7.27. The van der Waals surface area contributed by atoms with Gasteiger partial charge in [-0.3, -0.25) is 0 Å². The lowest BCUT2D eigenvalue weighted by Gasteiger charge is -2.23. The molecule has 2 heteroatoms. The van der Waals surface area contributed by atoms with Gasteiger partial charge in [0.1, 0.15) is 11.2 Å². The van der Waals surface area contributed by atoms with E-state index in [1.165, 1.54) is 108 Å². The Bertz CT molecular complexity index is 3320. The second kappa shape index (κ2) is 10.4. The van der Waals surface area contributed by atoms with Crippen molar-refractivity contribution in [2.45, 2.75) is 19.3 Å². The van der Waals surface area contributed by atoms with E-state index in [0.717, 1.165) is 11.2 Å². The Morgan fingerprint density at radius 1 is 0.434 bits per heavy atom. The van der Waals surface area contributed by atoms with Crippen molar-refractivity contribution in [3.05, 3.63) is 169 Å². The molecule has 1 nitrogen and oxygen atoms in total. The lowest BCUT2D eigenvalue weighted by atomic mass is 9.80. The first kappa shape index (κ1) is 29.4. The Morgan fingerprint density at radius 3 is 1.70 bits per heavy atom. The van der Waals surface area contributed by atoms with E-state index in [1.807, 2.05) is 11.3 Å². The molecule has 248 valence electrons. The minimum atomic E-state index is -0.0627. The summed E-state index contributed by atoms with van der Waals surface area (Å²) in [6.45, 7) is 4.74. The zero-order valence-electron chi connectivity index (χ0n) is 29.3. The SMILES string of the molecule is CC1(C)c2ccccc2-c2ccc(-c3c4ccccc4c(-c4ccc5c(c4)sc4c6ccccc6c6oc7ccccc7c6c54)c4ccccc34)cc21. The molecule has 53 heavy (non-hydrogen) atoms. The van der Waals surface area contributed by atoms with Gasteiger partial charge < -0.3 is 4.42 Å². The lowest BCUT2D eigenvalue weighted by molar-refractivity contribution is 0.660. The quantitative estimate of drug-likeness (QED) is 0.164. The van der Waals surface area contributed by atoms with Crippen LogP contribution in [-0.2, 0) is 5.41 Å². The summed E-state index contributed by atoms with van der Waals surface area (Å²) < 4.78 is 9.19. The maximum atomic E-state index is 6.59. The molecule has 1 aliphatic carbocycles. The fourth-order valence-corrected chi connectivity index (χ4v) is 11.0.